The normalized spacial score (nSPS) is 15.6. The molecule has 0 radical (unpaired) electrons. The highest BCUT2D eigenvalue weighted by Gasteiger charge is 2.26. The van der Waals surface area contributed by atoms with E-state index >= 15 is 0 Å². The van der Waals surface area contributed by atoms with Crippen LogP contribution in [0.3, 0.4) is 0 Å². The number of nitrogens with zero attached hydrogens (tertiary/aromatic N) is 3. The van der Waals surface area contributed by atoms with Crippen LogP contribution in [0.1, 0.15) is 29.2 Å². The fraction of sp³-hybridized carbons (Fsp3) is 0.474. The predicted molar refractivity (Wildman–Crippen MR) is 101 cm³/mol. The second-order valence-corrected chi connectivity index (χ2v) is 7.58. The summed E-state index contributed by atoms with van der Waals surface area (Å²) in [6.07, 6.45) is 0. The first-order valence-corrected chi connectivity index (χ1v) is 9.46. The minimum atomic E-state index is 0.109. The summed E-state index contributed by atoms with van der Waals surface area (Å²) in [7, 11) is 1.65. The smallest absolute Gasteiger partial charge is 0.265 e. The lowest BCUT2D eigenvalue weighted by Crippen LogP contribution is -2.50. The van der Waals surface area contributed by atoms with Gasteiger partial charge in [-0.25, -0.2) is 4.98 Å². The number of methoxy groups -OCH3 is 1. The lowest BCUT2D eigenvalue weighted by molar-refractivity contribution is 0.0599. The first kappa shape index (κ1) is 17.9. The van der Waals surface area contributed by atoms with E-state index in [2.05, 4.69) is 23.7 Å². The molecule has 0 bridgehead atoms. The Morgan fingerprint density at radius 3 is 2.36 bits per heavy atom. The van der Waals surface area contributed by atoms with Crippen molar-refractivity contribution in [2.75, 3.05) is 33.3 Å². The number of carbonyl (C=O) groups is 1. The number of amides is 1. The van der Waals surface area contributed by atoms with Gasteiger partial charge in [0.25, 0.3) is 5.91 Å². The van der Waals surface area contributed by atoms with E-state index < -0.39 is 0 Å². The number of hydrogen-bond donors (Lipinski definition) is 0. The monoisotopic (exact) mass is 359 g/mol. The molecule has 1 aromatic heterocycles. The molecular weight excluding hydrogens is 334 g/mol. The number of piperazine rings is 1. The summed E-state index contributed by atoms with van der Waals surface area (Å²) in [6, 6.07) is 8.32. The fourth-order valence-corrected chi connectivity index (χ4v) is 4.08. The summed E-state index contributed by atoms with van der Waals surface area (Å²) in [5, 5.41) is 0.879. The lowest BCUT2D eigenvalue weighted by Gasteiger charge is -2.36. The van der Waals surface area contributed by atoms with Crippen LogP contribution < -0.4 is 4.74 Å². The molecule has 0 aliphatic carbocycles. The van der Waals surface area contributed by atoms with Gasteiger partial charge in [0.15, 0.2) is 0 Å². The summed E-state index contributed by atoms with van der Waals surface area (Å²) >= 11 is 1.48. The topological polar surface area (TPSA) is 45.7 Å². The van der Waals surface area contributed by atoms with Crippen molar-refractivity contribution in [2.45, 2.75) is 26.8 Å². The van der Waals surface area contributed by atoms with E-state index in [1.165, 1.54) is 11.3 Å². The molecule has 0 saturated carbocycles. The van der Waals surface area contributed by atoms with Gasteiger partial charge in [-0.3, -0.25) is 9.69 Å². The number of benzene rings is 1. The minimum absolute atomic E-state index is 0.109. The molecule has 0 spiro atoms. The third-order valence-corrected chi connectivity index (χ3v) is 5.85. The van der Waals surface area contributed by atoms with Crippen molar-refractivity contribution in [3.8, 4) is 16.3 Å². The third kappa shape index (κ3) is 3.85. The van der Waals surface area contributed by atoms with Crippen LogP contribution in [0.4, 0.5) is 0 Å². The third-order valence-electron chi connectivity index (χ3n) is 4.66. The van der Waals surface area contributed by atoms with Crippen molar-refractivity contribution in [3.63, 3.8) is 0 Å². The molecule has 2 aromatic rings. The van der Waals surface area contributed by atoms with E-state index in [1.54, 1.807) is 7.11 Å². The number of aromatic nitrogens is 1. The van der Waals surface area contributed by atoms with Crippen LogP contribution in [0.25, 0.3) is 10.6 Å². The number of carbonyl (C=O) groups excluding carboxylic acids is 1. The minimum Gasteiger partial charge on any atom is -0.497 e. The molecule has 5 nitrogen and oxygen atoms in total. The molecule has 0 atom stereocenters. The van der Waals surface area contributed by atoms with Crippen molar-refractivity contribution in [1.82, 2.24) is 14.8 Å². The number of hydrogen-bond acceptors (Lipinski definition) is 5. The molecule has 1 aliphatic heterocycles. The zero-order valence-electron chi connectivity index (χ0n) is 15.3. The second-order valence-electron chi connectivity index (χ2n) is 6.58. The van der Waals surface area contributed by atoms with Gasteiger partial charge in [0.2, 0.25) is 0 Å². The van der Waals surface area contributed by atoms with Crippen LogP contribution in [-0.2, 0) is 0 Å². The van der Waals surface area contributed by atoms with Crippen molar-refractivity contribution < 1.29 is 9.53 Å². The summed E-state index contributed by atoms with van der Waals surface area (Å²) in [6.45, 7) is 9.76. The van der Waals surface area contributed by atoms with Gasteiger partial charge in [-0.2, -0.15) is 0 Å². The van der Waals surface area contributed by atoms with Gasteiger partial charge < -0.3 is 9.64 Å². The molecule has 1 saturated heterocycles. The Balaban J connectivity index is 1.74. The van der Waals surface area contributed by atoms with Gasteiger partial charge in [0.05, 0.1) is 12.8 Å². The Bertz CT molecular complexity index is 732. The Hall–Kier alpha value is -1.92. The van der Waals surface area contributed by atoms with E-state index in [9.17, 15) is 4.79 Å². The summed E-state index contributed by atoms with van der Waals surface area (Å²) in [5.41, 5.74) is 1.82. The molecule has 1 fully saturated rings. The maximum Gasteiger partial charge on any atom is 0.265 e. The SMILES string of the molecule is COc1ccc(-c2nc(C)c(C(=O)N3CCN(C(C)C)CC3)s2)cc1. The highest BCUT2D eigenvalue weighted by Crippen LogP contribution is 2.30. The molecule has 0 N–H and O–H groups in total. The molecule has 2 heterocycles. The van der Waals surface area contributed by atoms with E-state index in [4.69, 9.17) is 4.74 Å². The van der Waals surface area contributed by atoms with Crippen molar-refractivity contribution >= 4 is 17.2 Å². The van der Waals surface area contributed by atoms with Gasteiger partial charge in [0.1, 0.15) is 15.6 Å². The number of aryl methyl sites for hydroxylation is 1. The number of ether oxygens (including phenoxy) is 1. The first-order chi connectivity index (χ1) is 12.0. The molecule has 1 aliphatic rings. The Labute approximate surface area is 153 Å². The largest absolute Gasteiger partial charge is 0.497 e. The van der Waals surface area contributed by atoms with E-state index in [1.807, 2.05) is 36.1 Å². The Kier molecular flexibility index (Phi) is 5.39. The van der Waals surface area contributed by atoms with Gasteiger partial charge in [-0.05, 0) is 45.0 Å². The van der Waals surface area contributed by atoms with E-state index in [-0.39, 0.29) is 5.91 Å². The van der Waals surface area contributed by atoms with Crippen LogP contribution in [-0.4, -0.2) is 60.0 Å². The van der Waals surface area contributed by atoms with Crippen LogP contribution in [0.15, 0.2) is 24.3 Å². The van der Waals surface area contributed by atoms with Crippen LogP contribution >= 0.6 is 11.3 Å². The molecule has 134 valence electrons. The van der Waals surface area contributed by atoms with E-state index in [0.717, 1.165) is 53.1 Å². The van der Waals surface area contributed by atoms with Gasteiger partial charge in [0, 0.05) is 37.8 Å². The molecule has 25 heavy (non-hydrogen) atoms. The van der Waals surface area contributed by atoms with Gasteiger partial charge in [-0.1, -0.05) is 0 Å². The average molecular weight is 359 g/mol. The molecule has 6 heteroatoms. The Morgan fingerprint density at radius 2 is 1.80 bits per heavy atom. The molecular formula is C19H25N3O2S. The number of rotatable bonds is 4. The molecule has 3 rings (SSSR count). The van der Waals surface area contributed by atoms with Gasteiger partial charge in [-0.15, -0.1) is 11.3 Å². The summed E-state index contributed by atoms with van der Waals surface area (Å²) < 4.78 is 5.20. The average Bonchev–Trinajstić information content (AvgIpc) is 3.03. The maximum atomic E-state index is 12.9. The zero-order valence-corrected chi connectivity index (χ0v) is 16.1. The van der Waals surface area contributed by atoms with Crippen molar-refractivity contribution in [2.24, 2.45) is 0 Å². The summed E-state index contributed by atoms with van der Waals surface area (Å²) in [4.78, 5) is 22.6. The van der Waals surface area contributed by atoms with Gasteiger partial charge >= 0.3 is 0 Å². The van der Waals surface area contributed by atoms with Crippen LogP contribution in [0, 0.1) is 6.92 Å². The summed E-state index contributed by atoms with van der Waals surface area (Å²) in [5.74, 6) is 0.925. The molecule has 0 unspecified atom stereocenters. The fourth-order valence-electron chi connectivity index (χ4n) is 3.04. The zero-order chi connectivity index (χ0) is 18.0. The van der Waals surface area contributed by atoms with E-state index in [0.29, 0.717) is 6.04 Å². The highest BCUT2D eigenvalue weighted by atomic mass is 32.1. The predicted octanol–water partition coefficient (Wildman–Crippen LogP) is 3.29. The van der Waals surface area contributed by atoms with Crippen LogP contribution in [0.5, 0.6) is 5.75 Å². The number of thiazole rings is 1. The maximum absolute atomic E-state index is 12.9. The lowest BCUT2D eigenvalue weighted by atomic mass is 10.2. The van der Waals surface area contributed by atoms with Crippen molar-refractivity contribution in [3.05, 3.63) is 34.8 Å². The van der Waals surface area contributed by atoms with Crippen molar-refractivity contribution in [1.29, 1.82) is 0 Å². The molecule has 1 aromatic carbocycles. The highest BCUT2D eigenvalue weighted by molar-refractivity contribution is 7.17. The first-order valence-electron chi connectivity index (χ1n) is 8.64. The Morgan fingerprint density at radius 1 is 1.16 bits per heavy atom. The van der Waals surface area contributed by atoms with Crippen LogP contribution in [0.2, 0.25) is 0 Å². The second kappa shape index (κ2) is 7.54. The standard InChI is InChI=1S/C19H25N3O2S/c1-13(2)21-9-11-22(12-10-21)19(23)17-14(3)20-18(25-17)15-5-7-16(24-4)8-6-15/h5-8,13H,9-12H2,1-4H3. The quantitative estimate of drug-likeness (QED) is 0.840. The molecule has 1 amide bonds.